The summed E-state index contributed by atoms with van der Waals surface area (Å²) in [5, 5.41) is 10.0. The van der Waals surface area contributed by atoms with Crippen LogP contribution in [-0.2, 0) is 6.42 Å². The smallest absolute Gasteiger partial charge is 0.119 e. The summed E-state index contributed by atoms with van der Waals surface area (Å²) in [4.78, 5) is 0. The molecule has 2 nitrogen and oxygen atoms in total. The van der Waals surface area contributed by atoms with Crippen LogP contribution in [0.15, 0.2) is 42.5 Å². The maximum Gasteiger partial charge on any atom is 0.119 e. The van der Waals surface area contributed by atoms with Crippen LogP contribution in [0.25, 0.3) is 0 Å². The monoisotopic (exact) mass is 390 g/mol. The number of aromatic hydroxyl groups is 1. The molecule has 0 aliphatic heterocycles. The molecule has 6 atom stereocenters. The van der Waals surface area contributed by atoms with Crippen molar-refractivity contribution in [2.75, 3.05) is 0 Å². The fourth-order valence-electron chi connectivity index (χ4n) is 7.32. The highest BCUT2D eigenvalue weighted by Crippen LogP contribution is 2.64. The summed E-state index contributed by atoms with van der Waals surface area (Å²) in [6, 6.07) is 14.6. The van der Waals surface area contributed by atoms with Crippen LogP contribution in [0.4, 0.5) is 0 Å². The minimum absolute atomic E-state index is 0.211. The average Bonchev–Trinajstić information content (AvgIpc) is 3.06. The zero-order chi connectivity index (χ0) is 20.2. The third kappa shape index (κ3) is 2.98. The molecule has 2 fully saturated rings. The summed E-state index contributed by atoms with van der Waals surface area (Å²) in [6.45, 7) is 7.02. The zero-order valence-electron chi connectivity index (χ0n) is 18.0. The topological polar surface area (TPSA) is 29.5 Å². The molecule has 29 heavy (non-hydrogen) atoms. The lowest BCUT2D eigenvalue weighted by Gasteiger charge is -2.55. The Hall–Kier alpha value is -1.96. The van der Waals surface area contributed by atoms with Gasteiger partial charge in [0.1, 0.15) is 17.6 Å². The normalized spacial score (nSPS) is 35.5. The number of phenols is 1. The summed E-state index contributed by atoms with van der Waals surface area (Å²) in [7, 11) is 0. The van der Waals surface area contributed by atoms with Crippen LogP contribution in [0.2, 0.25) is 0 Å². The van der Waals surface area contributed by atoms with Crippen molar-refractivity contribution < 1.29 is 9.84 Å². The quantitative estimate of drug-likeness (QED) is 0.636. The molecule has 6 unspecified atom stereocenters. The molecule has 2 aromatic carbocycles. The molecule has 0 spiro atoms. The van der Waals surface area contributed by atoms with Gasteiger partial charge in [-0.3, -0.25) is 0 Å². The van der Waals surface area contributed by atoms with Crippen molar-refractivity contribution in [3.63, 3.8) is 0 Å². The molecule has 1 N–H and O–H groups in total. The van der Waals surface area contributed by atoms with Crippen molar-refractivity contribution in [3.05, 3.63) is 59.2 Å². The summed E-state index contributed by atoms with van der Waals surface area (Å²) >= 11 is 0. The minimum atomic E-state index is 0.211. The fraction of sp³-hybridized carbons (Fsp3) is 0.556. The van der Waals surface area contributed by atoms with Crippen LogP contribution >= 0.6 is 0 Å². The summed E-state index contributed by atoms with van der Waals surface area (Å²) < 4.78 is 6.79. The number of fused-ring (bicyclic) bond motifs is 5. The van der Waals surface area contributed by atoms with Gasteiger partial charge in [-0.2, -0.15) is 0 Å². The fourth-order valence-corrected chi connectivity index (χ4v) is 7.32. The molecular weight excluding hydrogens is 356 g/mol. The first kappa shape index (κ1) is 19.0. The van der Waals surface area contributed by atoms with E-state index in [1.54, 1.807) is 0 Å². The van der Waals surface area contributed by atoms with Gasteiger partial charge in [0.2, 0.25) is 0 Å². The second-order valence-corrected chi connectivity index (χ2v) is 9.96. The van der Waals surface area contributed by atoms with E-state index in [1.807, 2.05) is 12.1 Å². The number of ether oxygens (including phenoxy) is 1. The van der Waals surface area contributed by atoms with Crippen molar-refractivity contribution in [2.45, 2.75) is 71.3 Å². The van der Waals surface area contributed by atoms with E-state index < -0.39 is 0 Å². The molecule has 0 saturated heterocycles. The maximum absolute atomic E-state index is 10.0. The van der Waals surface area contributed by atoms with Gasteiger partial charge in [0.15, 0.2) is 0 Å². The average molecular weight is 391 g/mol. The van der Waals surface area contributed by atoms with Crippen molar-refractivity contribution >= 4 is 0 Å². The molecule has 0 aromatic heterocycles. The molecule has 0 bridgehead atoms. The van der Waals surface area contributed by atoms with Crippen molar-refractivity contribution in [3.8, 4) is 11.5 Å². The molecule has 154 valence electrons. The molecule has 3 aliphatic carbocycles. The Kier molecular flexibility index (Phi) is 4.64. The van der Waals surface area contributed by atoms with Gasteiger partial charge in [-0.05, 0) is 104 Å². The standard InChI is InChI=1S/C27H34O2/c1-4-27-16-25(29-21-10-5-17(2)6-11-21)26-22-13-9-20(28)15-19(22)8-12-23(26)24(27)14-7-18(27)3/h5-6,9-11,13,15,18,23-26,28H,4,7-8,12,14,16H2,1-3H3. The molecule has 3 aliphatic rings. The van der Waals surface area contributed by atoms with E-state index in [2.05, 4.69) is 51.1 Å². The van der Waals surface area contributed by atoms with E-state index in [4.69, 9.17) is 4.74 Å². The zero-order valence-corrected chi connectivity index (χ0v) is 18.0. The largest absolute Gasteiger partial charge is 0.508 e. The minimum Gasteiger partial charge on any atom is -0.508 e. The Morgan fingerprint density at radius 2 is 1.86 bits per heavy atom. The van der Waals surface area contributed by atoms with Gasteiger partial charge in [0, 0.05) is 5.92 Å². The lowest BCUT2D eigenvalue weighted by molar-refractivity contribution is -0.0540. The molecule has 2 aromatic rings. The van der Waals surface area contributed by atoms with Gasteiger partial charge in [-0.15, -0.1) is 0 Å². The molecule has 0 heterocycles. The van der Waals surface area contributed by atoms with E-state index in [9.17, 15) is 5.11 Å². The molecule has 2 heteroatoms. The van der Waals surface area contributed by atoms with E-state index >= 15 is 0 Å². The molecule has 0 radical (unpaired) electrons. The second kappa shape index (κ2) is 7.07. The Bertz CT molecular complexity index is 886. The van der Waals surface area contributed by atoms with Crippen LogP contribution in [0, 0.1) is 30.1 Å². The molecule has 0 amide bonds. The first-order valence-corrected chi connectivity index (χ1v) is 11.6. The number of hydrogen-bond acceptors (Lipinski definition) is 2. The third-order valence-electron chi connectivity index (χ3n) is 8.79. The maximum atomic E-state index is 10.0. The number of aryl methyl sites for hydroxylation is 2. The number of hydrogen-bond donors (Lipinski definition) is 1. The van der Waals surface area contributed by atoms with Gasteiger partial charge in [0.05, 0.1) is 0 Å². The van der Waals surface area contributed by atoms with E-state index in [0.29, 0.717) is 23.0 Å². The lowest BCUT2D eigenvalue weighted by atomic mass is 9.52. The first-order valence-electron chi connectivity index (χ1n) is 11.6. The Morgan fingerprint density at radius 1 is 1.07 bits per heavy atom. The van der Waals surface area contributed by atoms with Gasteiger partial charge in [-0.25, -0.2) is 0 Å². The SMILES string of the molecule is CCC12CC(Oc3ccc(C)cc3)C3c4ccc(O)cc4CCC3C1CCC2C. The molecular formula is C27H34O2. The molecule has 2 saturated carbocycles. The first-order chi connectivity index (χ1) is 14.0. The number of phenolic OH excluding ortho intramolecular Hbond substituents is 1. The van der Waals surface area contributed by atoms with E-state index in [1.165, 1.54) is 42.4 Å². The summed E-state index contributed by atoms with van der Waals surface area (Å²) in [6.07, 6.45) is 7.69. The predicted molar refractivity (Wildman–Crippen MR) is 117 cm³/mol. The number of rotatable bonds is 3. The Balaban J connectivity index is 1.58. The highest BCUT2D eigenvalue weighted by Gasteiger charge is 2.58. The van der Waals surface area contributed by atoms with Gasteiger partial charge < -0.3 is 9.84 Å². The van der Waals surface area contributed by atoms with Crippen LogP contribution in [0.3, 0.4) is 0 Å². The van der Waals surface area contributed by atoms with Gasteiger partial charge in [0.25, 0.3) is 0 Å². The van der Waals surface area contributed by atoms with Crippen LogP contribution in [0.5, 0.6) is 11.5 Å². The van der Waals surface area contributed by atoms with E-state index in [-0.39, 0.29) is 6.10 Å². The lowest BCUT2D eigenvalue weighted by Crippen LogP contribution is -2.51. The third-order valence-corrected chi connectivity index (χ3v) is 8.79. The van der Waals surface area contributed by atoms with Crippen LogP contribution in [-0.4, -0.2) is 11.2 Å². The van der Waals surface area contributed by atoms with Crippen LogP contribution < -0.4 is 4.74 Å². The Labute approximate surface area is 175 Å². The number of benzene rings is 2. The summed E-state index contributed by atoms with van der Waals surface area (Å²) in [5.74, 6) is 4.12. The van der Waals surface area contributed by atoms with Gasteiger partial charge >= 0.3 is 0 Å². The van der Waals surface area contributed by atoms with Crippen molar-refractivity contribution in [2.24, 2.45) is 23.2 Å². The molecule has 5 rings (SSSR count). The highest BCUT2D eigenvalue weighted by molar-refractivity contribution is 5.41. The highest BCUT2D eigenvalue weighted by atomic mass is 16.5. The second-order valence-electron chi connectivity index (χ2n) is 9.96. The van der Waals surface area contributed by atoms with Crippen molar-refractivity contribution in [1.82, 2.24) is 0 Å². The van der Waals surface area contributed by atoms with Gasteiger partial charge in [-0.1, -0.05) is 37.6 Å². The van der Waals surface area contributed by atoms with E-state index in [0.717, 1.165) is 30.4 Å². The summed E-state index contributed by atoms with van der Waals surface area (Å²) in [5.41, 5.74) is 4.45. The van der Waals surface area contributed by atoms with Crippen LogP contribution in [0.1, 0.15) is 68.6 Å². The van der Waals surface area contributed by atoms with Crippen molar-refractivity contribution in [1.29, 1.82) is 0 Å². The predicted octanol–water partition coefficient (Wildman–Crippen LogP) is 6.64. The Morgan fingerprint density at radius 3 is 2.62 bits per heavy atom.